The smallest absolute Gasteiger partial charge is 0.253 e. The number of amides is 2. The molecule has 0 atom stereocenters. The number of carbonyl (C=O) groups excluding carboxylic acids is 2. The highest BCUT2D eigenvalue weighted by Gasteiger charge is 2.28. The van der Waals surface area contributed by atoms with Crippen LogP contribution in [0.3, 0.4) is 0 Å². The van der Waals surface area contributed by atoms with E-state index < -0.39 is 0 Å². The van der Waals surface area contributed by atoms with Crippen LogP contribution in [0.5, 0.6) is 0 Å². The van der Waals surface area contributed by atoms with Crippen molar-refractivity contribution in [2.75, 3.05) is 37.6 Å². The molecule has 8 nitrogen and oxygen atoms in total. The summed E-state index contributed by atoms with van der Waals surface area (Å²) in [6, 6.07) is 15.1. The van der Waals surface area contributed by atoms with Crippen LogP contribution in [-0.4, -0.2) is 65.4 Å². The van der Waals surface area contributed by atoms with Crippen molar-refractivity contribution in [3.05, 3.63) is 99.0 Å². The molecule has 2 aromatic carbocycles. The van der Waals surface area contributed by atoms with Crippen molar-refractivity contribution in [3.8, 4) is 11.1 Å². The first-order valence-corrected chi connectivity index (χ1v) is 16.8. The number of hydrogen-bond donors (Lipinski definition) is 2. The highest BCUT2D eigenvalue weighted by Crippen LogP contribution is 2.34. The van der Waals surface area contributed by atoms with Crippen LogP contribution in [0.1, 0.15) is 77.3 Å². The number of H-pyrrole nitrogens is 1. The number of pyridine rings is 1. The number of aromatic amines is 1. The van der Waals surface area contributed by atoms with Gasteiger partial charge in [-0.3, -0.25) is 19.3 Å². The fourth-order valence-corrected chi connectivity index (χ4v) is 7.10. The van der Waals surface area contributed by atoms with Gasteiger partial charge in [0.05, 0.1) is 0 Å². The van der Waals surface area contributed by atoms with Gasteiger partial charge in [0.15, 0.2) is 0 Å². The highest BCUT2D eigenvalue weighted by atomic mass is 16.2. The Labute approximate surface area is 273 Å². The number of piperidine rings is 2. The number of carbonyl (C=O) groups is 2. The van der Waals surface area contributed by atoms with Crippen LogP contribution in [0.25, 0.3) is 11.1 Å². The van der Waals surface area contributed by atoms with Crippen LogP contribution < -0.4 is 15.8 Å². The van der Waals surface area contributed by atoms with Crippen LogP contribution in [0.2, 0.25) is 0 Å². The molecule has 0 radical (unpaired) electrons. The normalized spacial score (nSPS) is 15.9. The van der Waals surface area contributed by atoms with E-state index in [0.29, 0.717) is 24.2 Å². The van der Waals surface area contributed by atoms with Crippen molar-refractivity contribution in [1.82, 2.24) is 20.1 Å². The standard InChI is InChI=1S/C38H49N5O3/c1-6-36(44)42-19-15-32(16-20-42)43(7-2)35-23-31(30-13-11-29(12-14-30)25-41-17-9-8-10-18-41)22-33(28(35)5)37(45)39-24-34-26(3)21-27(4)40-38(34)46/h6,11-14,21-23,32H,1,7-10,15-20,24-25H2,2-5H3,(H,39,45)(H,40,46). The summed E-state index contributed by atoms with van der Waals surface area (Å²) in [7, 11) is 0. The van der Waals surface area contributed by atoms with E-state index in [-0.39, 0.29) is 30.0 Å². The predicted octanol–water partition coefficient (Wildman–Crippen LogP) is 5.89. The second-order valence-electron chi connectivity index (χ2n) is 12.9. The molecule has 0 bridgehead atoms. The lowest BCUT2D eigenvalue weighted by Gasteiger charge is -2.40. The largest absolute Gasteiger partial charge is 0.368 e. The fraction of sp³-hybridized carbons (Fsp3) is 0.447. The first kappa shape index (κ1) is 33.2. The highest BCUT2D eigenvalue weighted by molar-refractivity contribution is 5.99. The molecule has 2 aliphatic rings. The SMILES string of the molecule is C=CC(=O)N1CCC(N(CC)c2cc(-c3ccc(CN4CCCCC4)cc3)cc(C(=O)NCc3c(C)cc(C)[nH]c3=O)c2C)CC1. The van der Waals surface area contributed by atoms with Gasteiger partial charge in [0.2, 0.25) is 5.91 Å². The maximum atomic E-state index is 13.9. The number of hydrogen-bond acceptors (Lipinski definition) is 5. The summed E-state index contributed by atoms with van der Waals surface area (Å²) >= 11 is 0. The molecule has 244 valence electrons. The van der Waals surface area contributed by atoms with E-state index in [1.165, 1.54) is 30.9 Å². The summed E-state index contributed by atoms with van der Waals surface area (Å²) in [5.74, 6) is -0.228. The summed E-state index contributed by atoms with van der Waals surface area (Å²) in [4.78, 5) is 48.4. The maximum absolute atomic E-state index is 13.9. The molecule has 0 spiro atoms. The zero-order valence-corrected chi connectivity index (χ0v) is 28.0. The quantitative estimate of drug-likeness (QED) is 0.275. The molecule has 8 heteroatoms. The minimum absolute atomic E-state index is 0.0231. The number of rotatable bonds is 10. The molecule has 2 amide bonds. The van der Waals surface area contributed by atoms with Crippen molar-refractivity contribution in [2.24, 2.45) is 0 Å². The van der Waals surface area contributed by atoms with Crippen LogP contribution in [0, 0.1) is 20.8 Å². The first-order chi connectivity index (χ1) is 22.2. The lowest BCUT2D eigenvalue weighted by Crippen LogP contribution is -2.46. The van der Waals surface area contributed by atoms with Crippen molar-refractivity contribution >= 4 is 17.5 Å². The summed E-state index contributed by atoms with van der Waals surface area (Å²) in [5, 5.41) is 3.04. The Morgan fingerprint density at radius 3 is 2.30 bits per heavy atom. The van der Waals surface area contributed by atoms with Gasteiger partial charge < -0.3 is 20.1 Å². The van der Waals surface area contributed by atoms with E-state index in [1.807, 2.05) is 37.8 Å². The van der Waals surface area contributed by atoms with Crippen LogP contribution in [0.15, 0.2) is 59.9 Å². The molecule has 1 aromatic heterocycles. The van der Waals surface area contributed by atoms with Gasteiger partial charge in [-0.05, 0) is 119 Å². The van der Waals surface area contributed by atoms with E-state index in [4.69, 9.17) is 0 Å². The van der Waals surface area contributed by atoms with Crippen molar-refractivity contribution in [1.29, 1.82) is 0 Å². The molecular weight excluding hydrogens is 574 g/mol. The van der Waals surface area contributed by atoms with Gasteiger partial charge in [0.1, 0.15) is 0 Å². The maximum Gasteiger partial charge on any atom is 0.253 e. The minimum atomic E-state index is -0.204. The van der Waals surface area contributed by atoms with Gasteiger partial charge in [-0.15, -0.1) is 0 Å². The molecule has 46 heavy (non-hydrogen) atoms. The average molecular weight is 624 g/mol. The second kappa shape index (κ2) is 14.9. The van der Waals surface area contributed by atoms with E-state index in [1.54, 1.807) is 0 Å². The molecule has 5 rings (SSSR count). The Bertz CT molecular complexity index is 1610. The third-order valence-corrected chi connectivity index (χ3v) is 9.73. The number of nitrogens with zero attached hydrogens (tertiary/aromatic N) is 3. The van der Waals surface area contributed by atoms with Crippen molar-refractivity contribution in [3.63, 3.8) is 0 Å². The zero-order chi connectivity index (χ0) is 32.8. The van der Waals surface area contributed by atoms with Gasteiger partial charge in [-0.2, -0.15) is 0 Å². The number of anilines is 1. The van der Waals surface area contributed by atoms with Gasteiger partial charge in [0, 0.05) is 61.3 Å². The molecule has 3 aromatic rings. The van der Waals surface area contributed by atoms with Crippen molar-refractivity contribution in [2.45, 2.75) is 78.9 Å². The minimum Gasteiger partial charge on any atom is -0.368 e. The summed E-state index contributed by atoms with van der Waals surface area (Å²) < 4.78 is 0. The van der Waals surface area contributed by atoms with Gasteiger partial charge in [-0.1, -0.05) is 37.3 Å². The molecule has 3 heterocycles. The number of aryl methyl sites for hydroxylation is 2. The van der Waals surface area contributed by atoms with Crippen LogP contribution >= 0.6 is 0 Å². The van der Waals surface area contributed by atoms with E-state index in [2.05, 4.69) is 63.9 Å². The third kappa shape index (κ3) is 7.61. The molecule has 0 saturated carbocycles. The van der Waals surface area contributed by atoms with E-state index in [0.717, 1.165) is 72.7 Å². The Morgan fingerprint density at radius 1 is 0.978 bits per heavy atom. The monoisotopic (exact) mass is 623 g/mol. The third-order valence-electron chi connectivity index (χ3n) is 9.73. The number of likely N-dealkylation sites (tertiary alicyclic amines) is 2. The summed E-state index contributed by atoms with van der Waals surface area (Å²) in [6.45, 7) is 17.1. The van der Waals surface area contributed by atoms with Gasteiger partial charge in [0.25, 0.3) is 11.5 Å². The summed E-state index contributed by atoms with van der Waals surface area (Å²) in [5.41, 5.74) is 7.92. The van der Waals surface area contributed by atoms with E-state index >= 15 is 0 Å². The Kier molecular flexibility index (Phi) is 10.8. The van der Waals surface area contributed by atoms with Crippen LogP contribution in [-0.2, 0) is 17.9 Å². The fourth-order valence-electron chi connectivity index (χ4n) is 7.10. The molecule has 2 saturated heterocycles. The Hall–Kier alpha value is -4.17. The summed E-state index contributed by atoms with van der Waals surface area (Å²) in [6.07, 6.45) is 6.94. The first-order valence-electron chi connectivity index (χ1n) is 16.8. The molecule has 2 N–H and O–H groups in total. The molecule has 2 aliphatic heterocycles. The number of benzene rings is 2. The van der Waals surface area contributed by atoms with Crippen molar-refractivity contribution < 1.29 is 9.59 Å². The van der Waals surface area contributed by atoms with E-state index in [9.17, 15) is 14.4 Å². The molecule has 0 unspecified atom stereocenters. The van der Waals surface area contributed by atoms with Crippen LogP contribution in [0.4, 0.5) is 5.69 Å². The Morgan fingerprint density at radius 2 is 1.67 bits per heavy atom. The number of nitrogens with one attached hydrogen (secondary N) is 2. The van der Waals surface area contributed by atoms with Gasteiger partial charge in [-0.25, -0.2) is 0 Å². The predicted molar refractivity (Wildman–Crippen MR) is 186 cm³/mol. The molecular formula is C38H49N5O3. The Balaban J connectivity index is 1.46. The number of aromatic nitrogens is 1. The average Bonchev–Trinajstić information content (AvgIpc) is 3.06. The molecule has 2 fully saturated rings. The zero-order valence-electron chi connectivity index (χ0n) is 28.0. The topological polar surface area (TPSA) is 88.8 Å². The van der Waals surface area contributed by atoms with Gasteiger partial charge >= 0.3 is 0 Å². The second-order valence-corrected chi connectivity index (χ2v) is 12.9. The molecule has 0 aliphatic carbocycles. The lowest BCUT2D eigenvalue weighted by molar-refractivity contribution is -0.127. The lowest BCUT2D eigenvalue weighted by atomic mass is 9.94.